The van der Waals surface area contributed by atoms with Crippen molar-refractivity contribution in [1.29, 1.82) is 0 Å². The Morgan fingerprint density at radius 3 is 2.53 bits per heavy atom. The van der Waals surface area contributed by atoms with Crippen molar-refractivity contribution >= 4 is 0 Å². The monoisotopic (exact) mass is 228 g/mol. The van der Waals surface area contributed by atoms with Crippen molar-refractivity contribution in [2.24, 2.45) is 5.73 Å². The summed E-state index contributed by atoms with van der Waals surface area (Å²) in [7, 11) is 0. The molecule has 2 N–H and O–H groups in total. The summed E-state index contributed by atoms with van der Waals surface area (Å²) < 4.78 is 5.39. The Balaban J connectivity index is 2.17. The van der Waals surface area contributed by atoms with E-state index in [-0.39, 0.29) is 6.04 Å². The van der Waals surface area contributed by atoms with E-state index in [1.165, 1.54) is 0 Å². The van der Waals surface area contributed by atoms with E-state index < -0.39 is 0 Å². The molecule has 3 heteroatoms. The summed E-state index contributed by atoms with van der Waals surface area (Å²) in [5.74, 6) is 0.870. The zero-order valence-corrected chi connectivity index (χ0v) is 9.84. The molecule has 0 radical (unpaired) electrons. The highest BCUT2D eigenvalue weighted by Crippen LogP contribution is 2.21. The van der Waals surface area contributed by atoms with Crippen LogP contribution in [0.2, 0.25) is 0 Å². The van der Waals surface area contributed by atoms with Gasteiger partial charge in [0, 0.05) is 12.4 Å². The van der Waals surface area contributed by atoms with Crippen molar-refractivity contribution in [1.82, 2.24) is 4.98 Å². The number of pyridine rings is 1. The summed E-state index contributed by atoms with van der Waals surface area (Å²) >= 11 is 0. The molecule has 0 bridgehead atoms. The second-order valence-corrected chi connectivity index (χ2v) is 3.77. The van der Waals surface area contributed by atoms with Crippen LogP contribution < -0.4 is 10.5 Å². The zero-order valence-electron chi connectivity index (χ0n) is 9.84. The Labute approximate surface area is 101 Å². The number of aromatic nitrogens is 1. The van der Waals surface area contributed by atoms with E-state index in [1.54, 1.807) is 12.4 Å². The van der Waals surface area contributed by atoms with Gasteiger partial charge in [-0.05, 0) is 36.2 Å². The summed E-state index contributed by atoms with van der Waals surface area (Å²) in [5.41, 5.74) is 8.23. The molecule has 0 aliphatic rings. The minimum atomic E-state index is -0.139. The number of benzene rings is 1. The van der Waals surface area contributed by atoms with Crippen molar-refractivity contribution in [3.8, 4) is 5.75 Å². The molecule has 0 saturated carbocycles. The molecule has 1 aromatic heterocycles. The lowest BCUT2D eigenvalue weighted by molar-refractivity contribution is 0.340. The lowest BCUT2D eigenvalue weighted by atomic mass is 10.0. The second-order valence-electron chi connectivity index (χ2n) is 3.77. The molecular weight excluding hydrogens is 212 g/mol. The van der Waals surface area contributed by atoms with Crippen LogP contribution >= 0.6 is 0 Å². The zero-order chi connectivity index (χ0) is 12.1. The minimum absolute atomic E-state index is 0.139. The van der Waals surface area contributed by atoms with Crippen LogP contribution in [0.4, 0.5) is 0 Å². The van der Waals surface area contributed by atoms with E-state index in [9.17, 15) is 0 Å². The SMILES string of the molecule is CCOc1ccc(C(N)c2cccnc2)cc1. The van der Waals surface area contributed by atoms with E-state index in [4.69, 9.17) is 10.5 Å². The first kappa shape index (κ1) is 11.6. The van der Waals surface area contributed by atoms with Crippen LogP contribution in [0.15, 0.2) is 48.8 Å². The largest absolute Gasteiger partial charge is 0.494 e. The van der Waals surface area contributed by atoms with Gasteiger partial charge in [0.2, 0.25) is 0 Å². The van der Waals surface area contributed by atoms with Crippen molar-refractivity contribution in [3.63, 3.8) is 0 Å². The molecule has 1 heterocycles. The Kier molecular flexibility index (Phi) is 3.73. The first-order valence-electron chi connectivity index (χ1n) is 5.69. The minimum Gasteiger partial charge on any atom is -0.494 e. The van der Waals surface area contributed by atoms with Gasteiger partial charge in [0.05, 0.1) is 12.6 Å². The average Bonchev–Trinajstić information content (AvgIpc) is 2.40. The Bertz CT molecular complexity index is 453. The average molecular weight is 228 g/mol. The molecule has 0 fully saturated rings. The standard InChI is InChI=1S/C14H16N2O/c1-2-17-13-7-5-11(6-8-13)14(15)12-4-3-9-16-10-12/h3-10,14H,2,15H2,1H3. The van der Waals surface area contributed by atoms with Crippen LogP contribution in [0.5, 0.6) is 5.75 Å². The Morgan fingerprint density at radius 1 is 1.18 bits per heavy atom. The van der Waals surface area contributed by atoms with Gasteiger partial charge in [-0.15, -0.1) is 0 Å². The molecule has 0 aliphatic heterocycles. The molecule has 88 valence electrons. The quantitative estimate of drug-likeness (QED) is 0.874. The van der Waals surface area contributed by atoms with Crippen LogP contribution in [-0.2, 0) is 0 Å². The van der Waals surface area contributed by atoms with E-state index in [2.05, 4.69) is 4.98 Å². The van der Waals surface area contributed by atoms with Gasteiger partial charge in [-0.25, -0.2) is 0 Å². The Morgan fingerprint density at radius 2 is 1.94 bits per heavy atom. The van der Waals surface area contributed by atoms with E-state index in [0.29, 0.717) is 6.61 Å². The third kappa shape index (κ3) is 2.82. The van der Waals surface area contributed by atoms with E-state index in [0.717, 1.165) is 16.9 Å². The van der Waals surface area contributed by atoms with Crippen LogP contribution in [-0.4, -0.2) is 11.6 Å². The predicted molar refractivity (Wildman–Crippen MR) is 67.9 cm³/mol. The highest BCUT2D eigenvalue weighted by Gasteiger charge is 2.08. The number of hydrogen-bond donors (Lipinski definition) is 1. The van der Waals surface area contributed by atoms with Gasteiger partial charge < -0.3 is 10.5 Å². The summed E-state index contributed by atoms with van der Waals surface area (Å²) in [6.07, 6.45) is 3.54. The molecule has 17 heavy (non-hydrogen) atoms. The molecule has 2 aromatic rings. The van der Waals surface area contributed by atoms with Gasteiger partial charge in [0.25, 0.3) is 0 Å². The molecule has 3 nitrogen and oxygen atoms in total. The third-order valence-electron chi connectivity index (χ3n) is 2.59. The fourth-order valence-electron chi connectivity index (χ4n) is 1.69. The number of nitrogens with zero attached hydrogens (tertiary/aromatic N) is 1. The molecule has 1 unspecified atom stereocenters. The number of hydrogen-bond acceptors (Lipinski definition) is 3. The summed E-state index contributed by atoms with van der Waals surface area (Å²) in [5, 5.41) is 0. The fourth-order valence-corrected chi connectivity index (χ4v) is 1.69. The lowest BCUT2D eigenvalue weighted by Gasteiger charge is -2.12. The molecule has 1 aromatic carbocycles. The van der Waals surface area contributed by atoms with Gasteiger partial charge in [-0.2, -0.15) is 0 Å². The van der Waals surface area contributed by atoms with Gasteiger partial charge in [0.15, 0.2) is 0 Å². The van der Waals surface area contributed by atoms with Crippen molar-refractivity contribution in [3.05, 3.63) is 59.9 Å². The molecule has 0 saturated heterocycles. The summed E-state index contributed by atoms with van der Waals surface area (Å²) in [6.45, 7) is 2.64. The maximum absolute atomic E-state index is 6.16. The van der Waals surface area contributed by atoms with Crippen LogP contribution in [0, 0.1) is 0 Å². The summed E-state index contributed by atoms with van der Waals surface area (Å²) in [4.78, 5) is 4.07. The highest BCUT2D eigenvalue weighted by atomic mass is 16.5. The predicted octanol–water partition coefficient (Wildman–Crippen LogP) is 2.53. The van der Waals surface area contributed by atoms with Crippen molar-refractivity contribution in [2.45, 2.75) is 13.0 Å². The van der Waals surface area contributed by atoms with E-state index in [1.807, 2.05) is 43.3 Å². The van der Waals surface area contributed by atoms with Crippen LogP contribution in [0.1, 0.15) is 24.1 Å². The van der Waals surface area contributed by atoms with Gasteiger partial charge in [-0.1, -0.05) is 18.2 Å². The molecule has 0 aliphatic carbocycles. The van der Waals surface area contributed by atoms with Crippen LogP contribution in [0.25, 0.3) is 0 Å². The molecule has 1 atom stereocenters. The van der Waals surface area contributed by atoms with Gasteiger partial charge >= 0.3 is 0 Å². The number of nitrogens with two attached hydrogens (primary N) is 1. The number of ether oxygens (including phenoxy) is 1. The van der Waals surface area contributed by atoms with Gasteiger partial charge in [0.1, 0.15) is 5.75 Å². The number of rotatable bonds is 4. The van der Waals surface area contributed by atoms with Crippen LogP contribution in [0.3, 0.4) is 0 Å². The van der Waals surface area contributed by atoms with E-state index >= 15 is 0 Å². The topological polar surface area (TPSA) is 48.1 Å². The smallest absolute Gasteiger partial charge is 0.119 e. The maximum Gasteiger partial charge on any atom is 0.119 e. The lowest BCUT2D eigenvalue weighted by Crippen LogP contribution is -2.11. The first-order valence-corrected chi connectivity index (χ1v) is 5.69. The third-order valence-corrected chi connectivity index (χ3v) is 2.59. The van der Waals surface area contributed by atoms with Gasteiger partial charge in [-0.3, -0.25) is 4.98 Å². The molecule has 2 rings (SSSR count). The molecule has 0 amide bonds. The maximum atomic E-state index is 6.16. The fraction of sp³-hybridized carbons (Fsp3) is 0.214. The van der Waals surface area contributed by atoms with Crippen molar-refractivity contribution in [2.75, 3.05) is 6.61 Å². The second kappa shape index (κ2) is 5.46. The normalized spacial score (nSPS) is 12.1. The Hall–Kier alpha value is -1.87. The molecule has 0 spiro atoms. The highest BCUT2D eigenvalue weighted by molar-refractivity contribution is 5.34. The summed E-state index contributed by atoms with van der Waals surface area (Å²) in [6, 6.07) is 11.6. The molecular formula is C14H16N2O. The van der Waals surface area contributed by atoms with Crippen molar-refractivity contribution < 1.29 is 4.74 Å². The first-order chi connectivity index (χ1) is 8.31.